The highest BCUT2D eigenvalue weighted by atomic mass is 32.2. The maximum Gasteiger partial charge on any atom is 0.189 e. The quantitative estimate of drug-likeness (QED) is 0.661. The van der Waals surface area contributed by atoms with Crippen molar-refractivity contribution in [3.63, 3.8) is 0 Å². The predicted octanol–water partition coefficient (Wildman–Crippen LogP) is 3.89. The Morgan fingerprint density at radius 3 is 2.52 bits per heavy atom. The molecule has 0 radical (unpaired) electrons. The van der Waals surface area contributed by atoms with E-state index in [2.05, 4.69) is 65.6 Å². The number of nitrogens with one attached hydrogen (secondary N) is 2. The Morgan fingerprint density at radius 1 is 1.13 bits per heavy atom. The first-order valence-electron chi connectivity index (χ1n) is 7.99. The number of hydrogen-bond donors (Lipinski definition) is 2. The van der Waals surface area contributed by atoms with Crippen LogP contribution in [-0.4, -0.2) is 22.8 Å². The van der Waals surface area contributed by atoms with E-state index in [1.54, 1.807) is 11.8 Å². The van der Waals surface area contributed by atoms with Crippen LogP contribution in [-0.2, 0) is 18.4 Å². The maximum absolute atomic E-state index is 4.67. The molecule has 3 rings (SSSR count). The molecule has 2 heterocycles. The lowest BCUT2D eigenvalue weighted by molar-refractivity contribution is 0.590. The highest BCUT2D eigenvalue weighted by Crippen LogP contribution is 2.28. The highest BCUT2D eigenvalue weighted by molar-refractivity contribution is 7.98. The molecule has 0 fully saturated rings. The van der Waals surface area contributed by atoms with Crippen molar-refractivity contribution >= 4 is 23.3 Å². The maximum atomic E-state index is 4.67. The molecule has 4 nitrogen and oxygen atoms in total. The number of thioether (sulfide) groups is 1. The second-order valence-corrected chi connectivity index (χ2v) is 7.64. The number of nitrogens with zero attached hydrogens (tertiary/aromatic N) is 2. The first-order valence-corrected chi connectivity index (χ1v) is 9.22. The molecule has 0 saturated heterocycles. The summed E-state index contributed by atoms with van der Waals surface area (Å²) >= 11 is 1.59. The van der Waals surface area contributed by atoms with Gasteiger partial charge in [0.1, 0.15) is 5.82 Å². The number of fused-ring (bicyclic) bond motifs is 1. The van der Waals surface area contributed by atoms with E-state index < -0.39 is 0 Å². The fourth-order valence-electron chi connectivity index (χ4n) is 2.71. The lowest BCUT2D eigenvalue weighted by Gasteiger charge is -2.21. The third-order valence-corrected chi connectivity index (χ3v) is 4.66. The summed E-state index contributed by atoms with van der Waals surface area (Å²) in [4.78, 5) is 9.32. The van der Waals surface area contributed by atoms with E-state index in [1.165, 1.54) is 11.1 Å². The molecular formula is C18H24N4S. The van der Waals surface area contributed by atoms with Crippen molar-refractivity contribution < 1.29 is 0 Å². The van der Waals surface area contributed by atoms with Gasteiger partial charge in [0.25, 0.3) is 0 Å². The molecule has 0 amide bonds. The summed E-state index contributed by atoms with van der Waals surface area (Å²) in [6.07, 6.45) is 2.98. The molecule has 0 aliphatic carbocycles. The fraction of sp³-hybridized carbons (Fsp3) is 0.444. The van der Waals surface area contributed by atoms with Crippen molar-refractivity contribution in [3.8, 4) is 0 Å². The van der Waals surface area contributed by atoms with Crippen LogP contribution in [0.2, 0.25) is 0 Å². The van der Waals surface area contributed by atoms with Crippen molar-refractivity contribution in [1.29, 1.82) is 0 Å². The third kappa shape index (κ3) is 3.67. The lowest BCUT2D eigenvalue weighted by atomic mass is 9.87. The van der Waals surface area contributed by atoms with Crippen LogP contribution in [0.25, 0.3) is 0 Å². The van der Waals surface area contributed by atoms with E-state index in [4.69, 9.17) is 0 Å². The van der Waals surface area contributed by atoms with Crippen LogP contribution in [0.5, 0.6) is 0 Å². The van der Waals surface area contributed by atoms with Gasteiger partial charge in [-0.3, -0.25) is 0 Å². The van der Waals surface area contributed by atoms with Gasteiger partial charge >= 0.3 is 0 Å². The van der Waals surface area contributed by atoms with Crippen LogP contribution in [0.1, 0.15) is 37.6 Å². The van der Waals surface area contributed by atoms with Gasteiger partial charge in [-0.1, -0.05) is 44.7 Å². The zero-order chi connectivity index (χ0) is 16.4. The SMILES string of the molecule is CSc1nc2c(c(Nc3ccc(C(C)(C)C)cc3)n1)CNCC2. The monoisotopic (exact) mass is 328 g/mol. The van der Waals surface area contributed by atoms with E-state index in [0.717, 1.165) is 41.9 Å². The molecule has 2 N–H and O–H groups in total. The summed E-state index contributed by atoms with van der Waals surface area (Å²) in [6, 6.07) is 8.63. The smallest absolute Gasteiger partial charge is 0.189 e. The molecule has 1 aromatic carbocycles. The van der Waals surface area contributed by atoms with Crippen molar-refractivity contribution in [3.05, 3.63) is 41.1 Å². The standard InChI is InChI=1S/C18H24N4S/c1-18(2,3)12-5-7-13(8-6-12)20-16-14-11-19-10-9-15(14)21-17(22-16)23-4/h5-8,19H,9-11H2,1-4H3,(H,20,21,22). The van der Waals surface area contributed by atoms with E-state index in [0.29, 0.717) is 0 Å². The zero-order valence-electron chi connectivity index (χ0n) is 14.2. The minimum Gasteiger partial charge on any atom is -0.340 e. The molecule has 5 heteroatoms. The average Bonchev–Trinajstić information content (AvgIpc) is 2.54. The van der Waals surface area contributed by atoms with Crippen molar-refractivity contribution in [1.82, 2.24) is 15.3 Å². The Labute approximate surface area is 142 Å². The van der Waals surface area contributed by atoms with E-state index in [-0.39, 0.29) is 5.41 Å². The number of aromatic nitrogens is 2. The first kappa shape index (κ1) is 16.3. The normalized spacial score (nSPS) is 14.4. The van der Waals surface area contributed by atoms with Crippen molar-refractivity contribution in [2.24, 2.45) is 0 Å². The molecule has 122 valence electrons. The van der Waals surface area contributed by atoms with E-state index in [1.807, 2.05) is 6.26 Å². The van der Waals surface area contributed by atoms with Crippen LogP contribution >= 0.6 is 11.8 Å². The Kier molecular flexibility index (Phi) is 4.60. The number of hydrogen-bond acceptors (Lipinski definition) is 5. The number of rotatable bonds is 3. The number of benzene rings is 1. The van der Waals surface area contributed by atoms with Crippen LogP contribution in [0.4, 0.5) is 11.5 Å². The van der Waals surface area contributed by atoms with Crippen LogP contribution in [0.3, 0.4) is 0 Å². The average molecular weight is 328 g/mol. The summed E-state index contributed by atoms with van der Waals surface area (Å²) in [6.45, 7) is 8.50. The molecular weight excluding hydrogens is 304 g/mol. The molecule has 1 aliphatic heterocycles. The van der Waals surface area contributed by atoms with Gasteiger partial charge in [0, 0.05) is 30.8 Å². The van der Waals surface area contributed by atoms with E-state index in [9.17, 15) is 0 Å². The summed E-state index contributed by atoms with van der Waals surface area (Å²) in [7, 11) is 0. The zero-order valence-corrected chi connectivity index (χ0v) is 15.0. The minimum atomic E-state index is 0.169. The van der Waals surface area contributed by atoms with Gasteiger partial charge in [0.05, 0.1) is 5.69 Å². The second-order valence-electron chi connectivity index (χ2n) is 6.86. The van der Waals surface area contributed by atoms with Crippen LogP contribution < -0.4 is 10.6 Å². The van der Waals surface area contributed by atoms with Gasteiger partial charge in [0.15, 0.2) is 5.16 Å². The Balaban J connectivity index is 1.90. The largest absolute Gasteiger partial charge is 0.340 e. The fourth-order valence-corrected chi connectivity index (χ4v) is 3.09. The molecule has 1 aromatic heterocycles. The molecule has 23 heavy (non-hydrogen) atoms. The van der Waals surface area contributed by atoms with Gasteiger partial charge in [-0.25, -0.2) is 9.97 Å². The van der Waals surface area contributed by atoms with E-state index >= 15 is 0 Å². The molecule has 0 bridgehead atoms. The molecule has 2 aromatic rings. The van der Waals surface area contributed by atoms with Gasteiger partial charge in [-0.15, -0.1) is 0 Å². The molecule has 0 unspecified atom stereocenters. The van der Waals surface area contributed by atoms with Gasteiger partial charge in [0.2, 0.25) is 0 Å². The summed E-state index contributed by atoms with van der Waals surface area (Å²) in [5.41, 5.74) is 4.92. The summed E-state index contributed by atoms with van der Waals surface area (Å²) in [5.74, 6) is 0.926. The lowest BCUT2D eigenvalue weighted by Crippen LogP contribution is -2.26. The topological polar surface area (TPSA) is 49.8 Å². The van der Waals surface area contributed by atoms with Crippen molar-refractivity contribution in [2.75, 3.05) is 18.1 Å². The minimum absolute atomic E-state index is 0.169. The molecule has 0 spiro atoms. The Morgan fingerprint density at radius 2 is 1.87 bits per heavy atom. The molecule has 0 saturated carbocycles. The molecule has 0 atom stereocenters. The molecule has 1 aliphatic rings. The van der Waals surface area contributed by atoms with Crippen LogP contribution in [0.15, 0.2) is 29.4 Å². The Hall–Kier alpha value is -1.59. The number of anilines is 2. The summed E-state index contributed by atoms with van der Waals surface area (Å²) < 4.78 is 0. The Bertz CT molecular complexity index is 689. The van der Waals surface area contributed by atoms with Gasteiger partial charge < -0.3 is 10.6 Å². The summed E-state index contributed by atoms with van der Waals surface area (Å²) in [5, 5.41) is 7.72. The van der Waals surface area contributed by atoms with Gasteiger partial charge in [-0.2, -0.15) is 0 Å². The third-order valence-electron chi connectivity index (χ3n) is 4.11. The first-order chi connectivity index (χ1) is 11.0. The highest BCUT2D eigenvalue weighted by Gasteiger charge is 2.18. The predicted molar refractivity (Wildman–Crippen MR) is 97.6 cm³/mol. The van der Waals surface area contributed by atoms with Crippen LogP contribution in [0, 0.1) is 0 Å². The van der Waals surface area contributed by atoms with Crippen molar-refractivity contribution in [2.45, 2.75) is 44.3 Å². The van der Waals surface area contributed by atoms with Gasteiger partial charge in [-0.05, 0) is 29.4 Å². The second kappa shape index (κ2) is 6.49.